The smallest absolute Gasteiger partial charge is 0.409 e. The second-order valence-corrected chi connectivity index (χ2v) is 6.10. The average Bonchev–Trinajstić information content (AvgIpc) is 3.04. The third-order valence-electron chi connectivity index (χ3n) is 3.65. The first kappa shape index (κ1) is 20.9. The Bertz CT molecular complexity index is 544. The monoisotopic (exact) mass is 467 g/mol. The molecule has 1 aliphatic heterocycles. The molecule has 1 amide bonds. The van der Waals surface area contributed by atoms with Crippen molar-refractivity contribution >= 4 is 47.4 Å². The minimum atomic E-state index is -0.232. The standard InChI is InChI=1S/C15H25N5O2S.HI/c1-4-13-18-12(11-23-13)10-17-14(16-3)19-6-8-20(9-7-19)15(21)22-5-2;/h11H,4-10H2,1-3H3,(H,16,17);1H. The van der Waals surface area contributed by atoms with Crippen molar-refractivity contribution in [1.82, 2.24) is 20.1 Å². The molecule has 0 saturated carbocycles. The van der Waals surface area contributed by atoms with Gasteiger partial charge in [-0.05, 0) is 13.3 Å². The zero-order chi connectivity index (χ0) is 16.7. The number of hydrogen-bond donors (Lipinski definition) is 1. The number of amides is 1. The summed E-state index contributed by atoms with van der Waals surface area (Å²) in [7, 11) is 1.78. The summed E-state index contributed by atoms with van der Waals surface area (Å²) in [6.07, 6.45) is 0.736. The third kappa shape index (κ3) is 5.76. The third-order valence-corrected chi connectivity index (χ3v) is 4.69. The number of aryl methyl sites for hydroxylation is 1. The maximum Gasteiger partial charge on any atom is 0.409 e. The van der Waals surface area contributed by atoms with E-state index in [1.165, 1.54) is 0 Å². The topological polar surface area (TPSA) is 70.1 Å². The van der Waals surface area contributed by atoms with Crippen LogP contribution in [0.3, 0.4) is 0 Å². The molecule has 1 N–H and O–H groups in total. The molecule has 1 aliphatic rings. The van der Waals surface area contributed by atoms with Crippen molar-refractivity contribution in [2.75, 3.05) is 39.8 Å². The highest BCUT2D eigenvalue weighted by Gasteiger charge is 2.23. The molecule has 2 rings (SSSR count). The molecule has 1 saturated heterocycles. The van der Waals surface area contributed by atoms with Crippen molar-refractivity contribution in [3.8, 4) is 0 Å². The van der Waals surface area contributed by atoms with Gasteiger partial charge in [0.25, 0.3) is 0 Å². The van der Waals surface area contributed by atoms with Gasteiger partial charge >= 0.3 is 6.09 Å². The minimum absolute atomic E-state index is 0. The Morgan fingerprint density at radius 3 is 2.54 bits per heavy atom. The van der Waals surface area contributed by atoms with E-state index in [1.54, 1.807) is 23.3 Å². The summed E-state index contributed by atoms with van der Waals surface area (Å²) in [5, 5.41) is 6.58. The van der Waals surface area contributed by atoms with E-state index >= 15 is 0 Å². The van der Waals surface area contributed by atoms with E-state index < -0.39 is 0 Å². The first-order valence-corrected chi connectivity index (χ1v) is 8.86. The van der Waals surface area contributed by atoms with Crippen LogP contribution in [0.15, 0.2) is 10.4 Å². The molecule has 0 bridgehead atoms. The van der Waals surface area contributed by atoms with Crippen LogP contribution in [0.4, 0.5) is 4.79 Å². The molecule has 136 valence electrons. The Kier molecular flexibility index (Phi) is 9.34. The number of piperazine rings is 1. The summed E-state index contributed by atoms with van der Waals surface area (Å²) >= 11 is 1.69. The fourth-order valence-corrected chi connectivity index (χ4v) is 3.15. The number of aromatic nitrogens is 1. The zero-order valence-electron chi connectivity index (χ0n) is 14.4. The summed E-state index contributed by atoms with van der Waals surface area (Å²) in [5.74, 6) is 0.847. The lowest BCUT2D eigenvalue weighted by Gasteiger charge is -2.35. The average molecular weight is 467 g/mol. The Balaban J connectivity index is 0.00000288. The molecule has 1 fully saturated rings. The van der Waals surface area contributed by atoms with Gasteiger partial charge in [0, 0.05) is 38.6 Å². The summed E-state index contributed by atoms with van der Waals surface area (Å²) < 4.78 is 5.04. The zero-order valence-corrected chi connectivity index (χ0v) is 17.6. The predicted molar refractivity (Wildman–Crippen MR) is 107 cm³/mol. The van der Waals surface area contributed by atoms with Crippen LogP contribution in [-0.2, 0) is 17.7 Å². The first-order valence-electron chi connectivity index (χ1n) is 7.98. The molecular weight excluding hydrogens is 441 g/mol. The van der Waals surface area contributed by atoms with Gasteiger partial charge in [-0.25, -0.2) is 9.78 Å². The number of ether oxygens (including phenoxy) is 1. The van der Waals surface area contributed by atoms with Gasteiger partial charge in [-0.3, -0.25) is 4.99 Å². The van der Waals surface area contributed by atoms with E-state index in [1.807, 2.05) is 6.92 Å². The fraction of sp³-hybridized carbons (Fsp3) is 0.667. The normalized spacial score (nSPS) is 15.0. The highest BCUT2D eigenvalue weighted by atomic mass is 127. The lowest BCUT2D eigenvalue weighted by molar-refractivity contribution is 0.0914. The number of aliphatic imine (C=N–C) groups is 1. The molecule has 1 aromatic rings. The van der Waals surface area contributed by atoms with Gasteiger partial charge < -0.3 is 19.9 Å². The van der Waals surface area contributed by atoms with Gasteiger partial charge in [-0.2, -0.15) is 0 Å². The Labute approximate surface area is 164 Å². The van der Waals surface area contributed by atoms with Gasteiger partial charge in [-0.15, -0.1) is 35.3 Å². The quantitative estimate of drug-likeness (QED) is 0.418. The number of carbonyl (C=O) groups is 1. The van der Waals surface area contributed by atoms with Crippen LogP contribution >= 0.6 is 35.3 Å². The Morgan fingerprint density at radius 2 is 2.00 bits per heavy atom. The van der Waals surface area contributed by atoms with E-state index in [0.717, 1.165) is 36.2 Å². The molecule has 0 radical (unpaired) electrons. The highest BCUT2D eigenvalue weighted by Crippen LogP contribution is 2.10. The van der Waals surface area contributed by atoms with Crippen molar-refractivity contribution in [2.45, 2.75) is 26.8 Å². The highest BCUT2D eigenvalue weighted by molar-refractivity contribution is 14.0. The molecule has 0 aliphatic carbocycles. The van der Waals surface area contributed by atoms with Crippen molar-refractivity contribution in [3.63, 3.8) is 0 Å². The predicted octanol–water partition coefficient (Wildman–Crippen LogP) is 2.17. The summed E-state index contributed by atoms with van der Waals surface area (Å²) in [6, 6.07) is 0. The number of hydrogen-bond acceptors (Lipinski definition) is 5. The second kappa shape index (κ2) is 10.7. The van der Waals surface area contributed by atoms with Crippen LogP contribution < -0.4 is 5.32 Å². The molecule has 9 heteroatoms. The Hall–Kier alpha value is -1.10. The molecule has 0 atom stereocenters. The van der Waals surface area contributed by atoms with Gasteiger partial charge in [0.15, 0.2) is 5.96 Å². The van der Waals surface area contributed by atoms with E-state index in [9.17, 15) is 4.79 Å². The molecule has 0 spiro atoms. The van der Waals surface area contributed by atoms with Gasteiger partial charge in [-0.1, -0.05) is 6.92 Å². The molecule has 2 heterocycles. The summed E-state index contributed by atoms with van der Waals surface area (Å²) in [5.41, 5.74) is 1.04. The molecular formula is C15H26IN5O2S. The van der Waals surface area contributed by atoms with Crippen LogP contribution in [-0.4, -0.2) is 66.7 Å². The number of thiazole rings is 1. The SMILES string of the molecule is CCOC(=O)N1CCN(C(=NC)NCc2csc(CC)n2)CC1.I. The Morgan fingerprint density at radius 1 is 1.33 bits per heavy atom. The van der Waals surface area contributed by atoms with Crippen LogP contribution in [0.25, 0.3) is 0 Å². The molecule has 0 unspecified atom stereocenters. The van der Waals surface area contributed by atoms with Crippen molar-refractivity contribution in [2.24, 2.45) is 4.99 Å². The van der Waals surface area contributed by atoms with Crippen molar-refractivity contribution in [3.05, 3.63) is 16.1 Å². The van der Waals surface area contributed by atoms with E-state index in [2.05, 4.69) is 32.5 Å². The number of guanidine groups is 1. The van der Waals surface area contributed by atoms with E-state index in [4.69, 9.17) is 4.74 Å². The summed E-state index contributed by atoms with van der Waals surface area (Å²) in [4.78, 5) is 24.5. The molecule has 0 aromatic carbocycles. The van der Waals surface area contributed by atoms with Crippen LogP contribution in [0, 0.1) is 0 Å². The minimum Gasteiger partial charge on any atom is -0.450 e. The van der Waals surface area contributed by atoms with Crippen molar-refractivity contribution < 1.29 is 9.53 Å². The maximum absolute atomic E-state index is 11.7. The molecule has 1 aromatic heterocycles. The number of nitrogens with one attached hydrogen (secondary N) is 1. The van der Waals surface area contributed by atoms with Gasteiger partial charge in [0.1, 0.15) is 0 Å². The van der Waals surface area contributed by atoms with Crippen LogP contribution in [0.1, 0.15) is 24.5 Å². The number of halogens is 1. The first-order chi connectivity index (χ1) is 11.2. The van der Waals surface area contributed by atoms with Crippen molar-refractivity contribution in [1.29, 1.82) is 0 Å². The number of rotatable bonds is 4. The van der Waals surface area contributed by atoms with Crippen LogP contribution in [0.5, 0.6) is 0 Å². The van der Waals surface area contributed by atoms with Gasteiger partial charge in [0.05, 0.1) is 23.9 Å². The van der Waals surface area contributed by atoms with Gasteiger partial charge in [0.2, 0.25) is 0 Å². The number of nitrogens with zero attached hydrogens (tertiary/aromatic N) is 4. The summed E-state index contributed by atoms with van der Waals surface area (Å²) in [6.45, 7) is 7.80. The maximum atomic E-state index is 11.7. The lowest BCUT2D eigenvalue weighted by atomic mass is 10.3. The van der Waals surface area contributed by atoms with E-state index in [0.29, 0.717) is 26.2 Å². The second-order valence-electron chi connectivity index (χ2n) is 5.16. The lowest BCUT2D eigenvalue weighted by Crippen LogP contribution is -2.53. The van der Waals surface area contributed by atoms with E-state index in [-0.39, 0.29) is 30.1 Å². The van der Waals surface area contributed by atoms with Crippen LogP contribution in [0.2, 0.25) is 0 Å². The molecule has 7 nitrogen and oxygen atoms in total. The molecule has 24 heavy (non-hydrogen) atoms. The largest absolute Gasteiger partial charge is 0.450 e. The fourth-order valence-electron chi connectivity index (χ4n) is 2.41. The number of carbonyl (C=O) groups excluding carboxylic acids is 1.